The quantitative estimate of drug-likeness (QED) is 0.309. The molecule has 1 aromatic carbocycles. The third-order valence-electron chi connectivity index (χ3n) is 7.00. The number of phenolic OH excluding ortho intramolecular Hbond substituents is 1. The Kier molecular flexibility index (Phi) is 7.03. The summed E-state index contributed by atoms with van der Waals surface area (Å²) in [5, 5.41) is 13.8. The first kappa shape index (κ1) is 27.3. The lowest BCUT2D eigenvalue weighted by molar-refractivity contribution is 0.0704. The van der Waals surface area contributed by atoms with E-state index in [2.05, 4.69) is 10.3 Å². The van der Waals surface area contributed by atoms with E-state index in [-0.39, 0.29) is 69.7 Å². The number of halogens is 3. The van der Waals surface area contributed by atoms with Crippen LogP contribution in [0.5, 0.6) is 5.75 Å². The topological polar surface area (TPSA) is 102 Å². The van der Waals surface area contributed by atoms with Crippen LogP contribution in [0.25, 0.3) is 28.1 Å². The SMILES string of the molecule is CC(C)c1ccnc(C(C)C)c1-n1c(=O)c(=O)n(CC2(F)CNC2)c2cc(Cl)c(-c3c(O)cccc3Cl)nc21. The monoisotopic (exact) mass is 571 g/mol. The number of hydrogen-bond acceptors (Lipinski definition) is 6. The molecule has 0 aliphatic carbocycles. The van der Waals surface area contributed by atoms with Crippen molar-refractivity contribution in [1.82, 2.24) is 24.4 Å². The van der Waals surface area contributed by atoms with Crippen molar-refractivity contribution < 1.29 is 9.50 Å². The molecule has 1 aliphatic heterocycles. The fourth-order valence-corrected chi connectivity index (χ4v) is 5.44. The zero-order valence-corrected chi connectivity index (χ0v) is 23.4. The van der Waals surface area contributed by atoms with Crippen molar-refractivity contribution in [3.05, 3.63) is 78.5 Å². The summed E-state index contributed by atoms with van der Waals surface area (Å²) in [5.74, 6) is -0.286. The van der Waals surface area contributed by atoms with E-state index in [4.69, 9.17) is 28.2 Å². The van der Waals surface area contributed by atoms with Gasteiger partial charge in [-0.25, -0.2) is 9.37 Å². The highest BCUT2D eigenvalue weighted by molar-refractivity contribution is 6.37. The molecule has 4 heterocycles. The van der Waals surface area contributed by atoms with Crippen LogP contribution in [0.3, 0.4) is 0 Å². The Bertz CT molecular complexity index is 1680. The minimum Gasteiger partial charge on any atom is -0.507 e. The van der Waals surface area contributed by atoms with Crippen LogP contribution < -0.4 is 16.4 Å². The van der Waals surface area contributed by atoms with Crippen LogP contribution in [-0.2, 0) is 6.54 Å². The lowest BCUT2D eigenvalue weighted by Crippen LogP contribution is -2.60. The molecule has 0 saturated carbocycles. The average Bonchev–Trinajstić information content (AvgIpc) is 2.86. The van der Waals surface area contributed by atoms with Gasteiger partial charge in [0, 0.05) is 19.3 Å². The Balaban J connectivity index is 1.97. The predicted octanol–water partition coefficient (Wildman–Crippen LogP) is 5.18. The fourth-order valence-electron chi connectivity index (χ4n) is 4.95. The lowest BCUT2D eigenvalue weighted by Gasteiger charge is -2.35. The highest BCUT2D eigenvalue weighted by atomic mass is 35.5. The van der Waals surface area contributed by atoms with Crippen LogP contribution in [0.1, 0.15) is 50.8 Å². The maximum Gasteiger partial charge on any atom is 0.322 e. The molecule has 11 heteroatoms. The van der Waals surface area contributed by atoms with Gasteiger partial charge in [0.05, 0.1) is 44.7 Å². The van der Waals surface area contributed by atoms with Crippen molar-refractivity contribution >= 4 is 34.4 Å². The Morgan fingerprint density at radius 1 is 1.08 bits per heavy atom. The molecule has 0 radical (unpaired) electrons. The van der Waals surface area contributed by atoms with E-state index >= 15 is 4.39 Å². The number of alkyl halides is 1. The zero-order valence-electron chi connectivity index (χ0n) is 21.9. The number of rotatable bonds is 6. The molecule has 0 unspecified atom stereocenters. The Morgan fingerprint density at radius 3 is 2.38 bits per heavy atom. The minimum atomic E-state index is -1.71. The van der Waals surface area contributed by atoms with Crippen molar-refractivity contribution in [2.24, 2.45) is 0 Å². The molecule has 0 atom stereocenters. The molecule has 4 aromatic rings. The van der Waals surface area contributed by atoms with Gasteiger partial charge in [0.15, 0.2) is 11.3 Å². The molecule has 5 rings (SSSR count). The summed E-state index contributed by atoms with van der Waals surface area (Å²) in [5.41, 5.74) is -1.11. The van der Waals surface area contributed by atoms with Crippen LogP contribution in [0, 0.1) is 0 Å². The molecular formula is C28H28Cl2FN5O3. The largest absolute Gasteiger partial charge is 0.507 e. The number of aromatic nitrogens is 4. The van der Waals surface area contributed by atoms with Gasteiger partial charge in [-0.1, -0.05) is 57.0 Å². The van der Waals surface area contributed by atoms with E-state index in [0.29, 0.717) is 11.4 Å². The standard InChI is InChI=1S/C28H28Cl2FN5O3/c1-14(2)16-8-9-33-22(15(3)4)24(16)36-25-19(35(26(38)27(36)39)13-28(31)11-32-12-28)10-18(30)23(34-25)21-17(29)6-5-7-20(21)37/h5-10,14-15,32,37H,11-13H2,1-4H3. The summed E-state index contributed by atoms with van der Waals surface area (Å²) in [6.07, 6.45) is 1.68. The second kappa shape index (κ2) is 10.0. The number of aromatic hydroxyl groups is 1. The summed E-state index contributed by atoms with van der Waals surface area (Å²) >= 11 is 13.1. The van der Waals surface area contributed by atoms with E-state index in [1.807, 2.05) is 33.8 Å². The van der Waals surface area contributed by atoms with Crippen molar-refractivity contribution in [3.8, 4) is 22.7 Å². The summed E-state index contributed by atoms with van der Waals surface area (Å²) in [6, 6.07) is 7.88. The smallest absolute Gasteiger partial charge is 0.322 e. The van der Waals surface area contributed by atoms with Crippen LogP contribution in [0.4, 0.5) is 4.39 Å². The lowest BCUT2D eigenvalue weighted by atomic mass is 9.96. The second-order valence-electron chi connectivity index (χ2n) is 10.5. The van der Waals surface area contributed by atoms with Crippen molar-refractivity contribution in [2.75, 3.05) is 13.1 Å². The predicted molar refractivity (Wildman–Crippen MR) is 151 cm³/mol. The molecule has 39 heavy (non-hydrogen) atoms. The minimum absolute atomic E-state index is 0.0283. The third kappa shape index (κ3) is 4.62. The van der Waals surface area contributed by atoms with E-state index < -0.39 is 16.8 Å². The van der Waals surface area contributed by atoms with Crippen molar-refractivity contribution in [2.45, 2.75) is 51.7 Å². The molecule has 1 saturated heterocycles. The summed E-state index contributed by atoms with van der Waals surface area (Å²) in [4.78, 5) is 36.8. The summed E-state index contributed by atoms with van der Waals surface area (Å²) in [7, 11) is 0. The van der Waals surface area contributed by atoms with Gasteiger partial charge in [-0.3, -0.25) is 23.7 Å². The number of hydrogen-bond donors (Lipinski definition) is 2. The first-order valence-electron chi connectivity index (χ1n) is 12.7. The highest BCUT2D eigenvalue weighted by Crippen LogP contribution is 2.40. The molecule has 0 bridgehead atoms. The molecule has 8 nitrogen and oxygen atoms in total. The van der Waals surface area contributed by atoms with Gasteiger partial charge in [-0.15, -0.1) is 0 Å². The Labute approximate surface area is 234 Å². The van der Waals surface area contributed by atoms with Crippen LogP contribution >= 0.6 is 23.2 Å². The maximum absolute atomic E-state index is 15.3. The molecule has 204 valence electrons. The highest BCUT2D eigenvalue weighted by Gasteiger charge is 2.39. The van der Waals surface area contributed by atoms with Crippen molar-refractivity contribution in [3.63, 3.8) is 0 Å². The maximum atomic E-state index is 15.3. The second-order valence-corrected chi connectivity index (χ2v) is 11.3. The Hall–Kier alpha value is -3.27. The van der Waals surface area contributed by atoms with E-state index in [1.165, 1.54) is 16.7 Å². The van der Waals surface area contributed by atoms with Gasteiger partial charge in [-0.05, 0) is 41.7 Å². The summed E-state index contributed by atoms with van der Waals surface area (Å²) in [6.45, 7) is 7.59. The summed E-state index contributed by atoms with van der Waals surface area (Å²) < 4.78 is 17.7. The molecule has 2 N–H and O–H groups in total. The molecule has 1 fully saturated rings. The third-order valence-corrected chi connectivity index (χ3v) is 7.60. The number of nitrogens with zero attached hydrogens (tertiary/aromatic N) is 4. The fraction of sp³-hybridized carbons (Fsp3) is 0.357. The number of phenols is 1. The first-order valence-corrected chi connectivity index (χ1v) is 13.4. The van der Waals surface area contributed by atoms with Crippen LogP contribution in [0.15, 0.2) is 46.1 Å². The van der Waals surface area contributed by atoms with Gasteiger partial charge < -0.3 is 10.4 Å². The van der Waals surface area contributed by atoms with E-state index in [0.717, 1.165) is 10.1 Å². The van der Waals surface area contributed by atoms with Gasteiger partial charge in [0.2, 0.25) is 0 Å². The number of fused-ring (bicyclic) bond motifs is 1. The zero-order chi connectivity index (χ0) is 28.2. The van der Waals surface area contributed by atoms with Gasteiger partial charge >= 0.3 is 11.1 Å². The van der Waals surface area contributed by atoms with Crippen molar-refractivity contribution in [1.29, 1.82) is 0 Å². The number of nitrogens with one attached hydrogen (secondary N) is 1. The van der Waals surface area contributed by atoms with E-state index in [1.54, 1.807) is 18.3 Å². The molecule has 3 aromatic heterocycles. The number of benzene rings is 1. The molecule has 0 amide bonds. The average molecular weight is 572 g/mol. The van der Waals surface area contributed by atoms with Gasteiger partial charge in [-0.2, -0.15) is 0 Å². The van der Waals surface area contributed by atoms with Crippen LogP contribution in [0.2, 0.25) is 10.0 Å². The van der Waals surface area contributed by atoms with E-state index in [9.17, 15) is 14.7 Å². The molecular weight excluding hydrogens is 544 g/mol. The van der Waals surface area contributed by atoms with Crippen LogP contribution in [-0.4, -0.2) is 43.0 Å². The van der Waals surface area contributed by atoms with Gasteiger partial charge in [0.25, 0.3) is 0 Å². The molecule has 0 spiro atoms. The van der Waals surface area contributed by atoms with Gasteiger partial charge in [0.1, 0.15) is 5.75 Å². The normalized spacial score (nSPS) is 14.8. The first-order chi connectivity index (χ1) is 18.4. The number of pyridine rings is 2. The molecule has 1 aliphatic rings. The Morgan fingerprint density at radius 2 is 1.79 bits per heavy atom.